The van der Waals surface area contributed by atoms with Crippen LogP contribution in [-0.4, -0.2) is 19.0 Å². The van der Waals surface area contributed by atoms with E-state index < -0.39 is 0 Å². The quantitative estimate of drug-likeness (QED) is 0.616. The van der Waals surface area contributed by atoms with Crippen molar-refractivity contribution in [3.05, 3.63) is 57.8 Å². The summed E-state index contributed by atoms with van der Waals surface area (Å²) in [5.41, 5.74) is 2.09. The van der Waals surface area contributed by atoms with Crippen LogP contribution in [0.25, 0.3) is 6.08 Å². The van der Waals surface area contributed by atoms with Crippen molar-refractivity contribution < 1.29 is 4.79 Å². The normalized spacial score (nSPS) is 11.0. The minimum Gasteiger partial charge on any atom is -0.372 e. The first kappa shape index (κ1) is 17.8. The number of nitrogens with one attached hydrogen (secondary N) is 1. The Morgan fingerprint density at radius 3 is 2.50 bits per heavy atom. The molecule has 0 aliphatic heterocycles. The molecule has 0 fully saturated rings. The Balaban J connectivity index is 2.06. The smallest absolute Gasteiger partial charge is 0.262 e. The van der Waals surface area contributed by atoms with Gasteiger partial charge in [-0.1, -0.05) is 18.2 Å². The number of rotatable bonds is 7. The first-order valence-electron chi connectivity index (χ1n) is 7.95. The first-order valence-corrected chi connectivity index (χ1v) is 8.83. The fraction of sp³-hybridized carbons (Fsp3) is 0.263. The molecule has 0 saturated carbocycles. The first-order chi connectivity index (χ1) is 11.7. The molecule has 0 atom stereocenters. The van der Waals surface area contributed by atoms with Gasteiger partial charge in [0.25, 0.3) is 5.91 Å². The van der Waals surface area contributed by atoms with Crippen LogP contribution in [0, 0.1) is 11.3 Å². The van der Waals surface area contributed by atoms with Crippen LogP contribution in [0.3, 0.4) is 0 Å². The monoisotopic (exact) mass is 339 g/mol. The van der Waals surface area contributed by atoms with E-state index in [0.29, 0.717) is 6.54 Å². The Bertz CT molecular complexity index is 723. The highest BCUT2D eigenvalue weighted by Gasteiger charge is 2.09. The van der Waals surface area contributed by atoms with Gasteiger partial charge in [0.15, 0.2) is 0 Å². The van der Waals surface area contributed by atoms with Gasteiger partial charge >= 0.3 is 0 Å². The van der Waals surface area contributed by atoms with Crippen molar-refractivity contribution in [3.63, 3.8) is 0 Å². The van der Waals surface area contributed by atoms with Crippen LogP contribution in [0.2, 0.25) is 0 Å². The number of amides is 1. The Kier molecular flexibility index (Phi) is 6.59. The van der Waals surface area contributed by atoms with Crippen LogP contribution >= 0.6 is 11.3 Å². The molecule has 24 heavy (non-hydrogen) atoms. The van der Waals surface area contributed by atoms with Crippen LogP contribution in [-0.2, 0) is 11.3 Å². The van der Waals surface area contributed by atoms with E-state index in [2.05, 4.69) is 24.1 Å². The zero-order valence-corrected chi connectivity index (χ0v) is 14.8. The highest BCUT2D eigenvalue weighted by molar-refractivity contribution is 7.09. The summed E-state index contributed by atoms with van der Waals surface area (Å²) < 4.78 is 0. The summed E-state index contributed by atoms with van der Waals surface area (Å²) in [5, 5.41) is 14.0. The third-order valence-corrected chi connectivity index (χ3v) is 4.58. The number of nitrogens with zero attached hydrogens (tertiary/aromatic N) is 2. The summed E-state index contributed by atoms with van der Waals surface area (Å²) >= 11 is 1.57. The number of hydrogen-bond acceptors (Lipinski definition) is 4. The van der Waals surface area contributed by atoms with E-state index in [-0.39, 0.29) is 11.5 Å². The largest absolute Gasteiger partial charge is 0.372 e. The van der Waals surface area contributed by atoms with Gasteiger partial charge in [0, 0.05) is 23.7 Å². The molecule has 1 aromatic heterocycles. The van der Waals surface area contributed by atoms with Gasteiger partial charge in [0.05, 0.1) is 6.54 Å². The van der Waals surface area contributed by atoms with Gasteiger partial charge in [-0.2, -0.15) is 5.26 Å². The lowest BCUT2D eigenvalue weighted by molar-refractivity contribution is -0.117. The standard InChI is InChI=1S/C19H21N3OS/c1-3-22(4-2)17-9-7-15(8-10-17)12-16(13-20)19(23)21-14-18-6-5-11-24-18/h5-12H,3-4,14H2,1-2H3,(H,21,23). The zero-order chi connectivity index (χ0) is 17.4. The summed E-state index contributed by atoms with van der Waals surface area (Å²) in [5.74, 6) is -0.348. The number of hydrogen-bond donors (Lipinski definition) is 1. The maximum Gasteiger partial charge on any atom is 0.262 e. The van der Waals surface area contributed by atoms with Crippen LogP contribution in [0.1, 0.15) is 24.3 Å². The van der Waals surface area contributed by atoms with E-state index in [1.165, 1.54) is 0 Å². The molecule has 0 aliphatic carbocycles. The van der Waals surface area contributed by atoms with Crippen LogP contribution < -0.4 is 10.2 Å². The minimum absolute atomic E-state index is 0.113. The van der Waals surface area contributed by atoms with Gasteiger partial charge in [0.2, 0.25) is 0 Å². The second-order valence-electron chi connectivity index (χ2n) is 5.20. The number of nitriles is 1. The topological polar surface area (TPSA) is 56.1 Å². The second kappa shape index (κ2) is 8.90. The van der Waals surface area contributed by atoms with E-state index in [9.17, 15) is 10.1 Å². The molecule has 4 nitrogen and oxygen atoms in total. The molecule has 0 aliphatic rings. The third-order valence-electron chi connectivity index (χ3n) is 3.70. The lowest BCUT2D eigenvalue weighted by Crippen LogP contribution is -2.23. The highest BCUT2D eigenvalue weighted by atomic mass is 32.1. The summed E-state index contributed by atoms with van der Waals surface area (Å²) in [6, 6.07) is 13.7. The Morgan fingerprint density at radius 2 is 1.96 bits per heavy atom. The fourth-order valence-corrected chi connectivity index (χ4v) is 3.01. The van der Waals surface area contributed by atoms with Crippen molar-refractivity contribution in [2.24, 2.45) is 0 Å². The van der Waals surface area contributed by atoms with E-state index in [4.69, 9.17) is 0 Å². The van der Waals surface area contributed by atoms with Gasteiger partial charge in [0.1, 0.15) is 11.6 Å². The molecule has 124 valence electrons. The van der Waals surface area contributed by atoms with Gasteiger partial charge < -0.3 is 10.2 Å². The Morgan fingerprint density at radius 1 is 1.25 bits per heavy atom. The second-order valence-corrected chi connectivity index (χ2v) is 6.23. The molecule has 0 spiro atoms. The number of anilines is 1. The summed E-state index contributed by atoms with van der Waals surface area (Å²) in [6.07, 6.45) is 1.62. The number of carbonyl (C=O) groups is 1. The van der Waals surface area contributed by atoms with Crippen LogP contribution in [0.4, 0.5) is 5.69 Å². The van der Waals surface area contributed by atoms with E-state index in [1.807, 2.05) is 47.8 Å². The molecule has 0 saturated heterocycles. The number of thiophene rings is 1. The van der Waals surface area contributed by atoms with Crippen LogP contribution in [0.15, 0.2) is 47.4 Å². The van der Waals surface area contributed by atoms with Crippen molar-refractivity contribution in [1.29, 1.82) is 5.26 Å². The molecule has 0 bridgehead atoms. The third kappa shape index (κ3) is 4.71. The molecule has 2 rings (SSSR count). The molecule has 2 aromatic rings. The maximum absolute atomic E-state index is 12.1. The highest BCUT2D eigenvalue weighted by Crippen LogP contribution is 2.17. The van der Waals surface area contributed by atoms with Crippen molar-refractivity contribution in [2.45, 2.75) is 20.4 Å². The average molecular weight is 339 g/mol. The number of carbonyl (C=O) groups excluding carboxylic acids is 1. The SMILES string of the molecule is CCN(CC)c1ccc(C=C(C#N)C(=O)NCc2cccs2)cc1. The molecular formula is C19H21N3OS. The van der Waals surface area contributed by atoms with Crippen molar-refractivity contribution >= 4 is 29.0 Å². The maximum atomic E-state index is 12.1. The fourth-order valence-electron chi connectivity index (χ4n) is 2.36. The van der Waals surface area contributed by atoms with E-state index in [1.54, 1.807) is 17.4 Å². The summed E-state index contributed by atoms with van der Waals surface area (Å²) in [4.78, 5) is 15.4. The predicted molar refractivity (Wildman–Crippen MR) is 99.8 cm³/mol. The average Bonchev–Trinajstić information content (AvgIpc) is 3.13. The van der Waals surface area contributed by atoms with Crippen molar-refractivity contribution in [3.8, 4) is 6.07 Å². The Labute approximate surface area is 147 Å². The van der Waals surface area contributed by atoms with Crippen molar-refractivity contribution in [2.75, 3.05) is 18.0 Å². The van der Waals surface area contributed by atoms with E-state index in [0.717, 1.165) is 29.2 Å². The minimum atomic E-state index is -0.348. The van der Waals surface area contributed by atoms with E-state index >= 15 is 0 Å². The molecule has 1 N–H and O–H groups in total. The molecular weight excluding hydrogens is 318 g/mol. The van der Waals surface area contributed by atoms with Gasteiger partial charge in [-0.15, -0.1) is 11.3 Å². The molecule has 0 radical (unpaired) electrons. The molecule has 1 aromatic carbocycles. The summed E-state index contributed by atoms with van der Waals surface area (Å²) in [7, 11) is 0. The van der Waals surface area contributed by atoms with Gasteiger partial charge in [-0.3, -0.25) is 4.79 Å². The molecule has 0 unspecified atom stereocenters. The Hall–Kier alpha value is -2.58. The predicted octanol–water partition coefficient (Wildman–Crippen LogP) is 3.82. The number of benzene rings is 1. The zero-order valence-electron chi connectivity index (χ0n) is 14.0. The molecule has 1 amide bonds. The molecule has 1 heterocycles. The van der Waals surface area contributed by atoms with Crippen LogP contribution in [0.5, 0.6) is 0 Å². The van der Waals surface area contributed by atoms with Gasteiger partial charge in [-0.25, -0.2) is 0 Å². The van der Waals surface area contributed by atoms with Crippen molar-refractivity contribution in [1.82, 2.24) is 5.32 Å². The lowest BCUT2D eigenvalue weighted by Gasteiger charge is -2.20. The lowest BCUT2D eigenvalue weighted by atomic mass is 10.1. The molecule has 5 heteroatoms. The van der Waals surface area contributed by atoms with Gasteiger partial charge in [-0.05, 0) is 49.1 Å². The summed E-state index contributed by atoms with van der Waals surface area (Å²) in [6.45, 7) is 6.56.